The molecule has 1 aromatic heterocycles. The lowest BCUT2D eigenvalue weighted by molar-refractivity contribution is 0.414. The molecule has 0 radical (unpaired) electrons. The Morgan fingerprint density at radius 1 is 1.21 bits per heavy atom. The van der Waals surface area contributed by atoms with E-state index in [1.54, 1.807) is 0 Å². The first-order valence-corrected chi connectivity index (χ1v) is 3.33. The lowest BCUT2D eigenvalue weighted by atomic mass is 10.5. The molecule has 0 bridgehead atoms. The van der Waals surface area contributed by atoms with Crippen molar-refractivity contribution in [3.8, 4) is 5.88 Å². The van der Waals surface area contributed by atoms with Crippen molar-refractivity contribution in [2.24, 2.45) is 19.3 Å². The molecule has 78 valence electrons. The van der Waals surface area contributed by atoms with Crippen molar-refractivity contribution >= 4 is 5.69 Å². The zero-order valence-electron chi connectivity index (χ0n) is 7.51. The van der Waals surface area contributed by atoms with Crippen LogP contribution in [0.2, 0.25) is 0 Å². The highest BCUT2D eigenvalue weighted by Crippen LogP contribution is 2.16. The highest BCUT2D eigenvalue weighted by Gasteiger charge is 2.14. The monoisotopic (exact) mass is 203 g/mol. The van der Waals surface area contributed by atoms with Crippen LogP contribution in [0.4, 0.5) is 5.69 Å². The summed E-state index contributed by atoms with van der Waals surface area (Å²) < 4.78 is 1.45. The lowest BCUT2D eigenvalue weighted by Gasteiger charge is -2.04. The van der Waals surface area contributed by atoms with E-state index in [9.17, 15) is 14.5 Å². The average Bonchev–Trinajstić information content (AvgIpc) is 2.13. The van der Waals surface area contributed by atoms with Crippen molar-refractivity contribution in [2.75, 3.05) is 0 Å². The Balaban J connectivity index is 0.00000169. The topological polar surface area (TPSA) is 125 Å². The molecule has 0 saturated heterocycles. The fourth-order valence-corrected chi connectivity index (χ4v) is 0.896. The number of hydrogen-bond acceptors (Lipinski definition) is 5. The van der Waals surface area contributed by atoms with E-state index in [2.05, 4.69) is 5.18 Å². The van der Waals surface area contributed by atoms with Gasteiger partial charge >= 0.3 is 5.69 Å². The van der Waals surface area contributed by atoms with Gasteiger partial charge in [0.2, 0.25) is 11.6 Å². The van der Waals surface area contributed by atoms with E-state index < -0.39 is 22.8 Å². The van der Waals surface area contributed by atoms with Crippen molar-refractivity contribution in [3.63, 3.8) is 0 Å². The first-order valence-electron chi connectivity index (χ1n) is 3.33. The summed E-state index contributed by atoms with van der Waals surface area (Å²) in [5.74, 6) is -0.719. The van der Waals surface area contributed by atoms with E-state index in [1.807, 2.05) is 0 Å². The standard InChI is InChI=1S/C6H7N3O4.H2O/c1-8-4(10)3(7-13)5(11)9(2)6(8)12;/h10H,1-2H3;1H2. The maximum Gasteiger partial charge on any atom is 0.333 e. The molecule has 0 aliphatic carbocycles. The summed E-state index contributed by atoms with van der Waals surface area (Å²) in [5.41, 5.74) is -2.28. The summed E-state index contributed by atoms with van der Waals surface area (Å²) in [5, 5.41) is 11.5. The fraction of sp³-hybridized carbons (Fsp3) is 0.333. The second-order valence-electron chi connectivity index (χ2n) is 2.47. The normalized spacial score (nSPS) is 9.29. The number of nitroso groups, excluding NO2 is 1. The van der Waals surface area contributed by atoms with Gasteiger partial charge in [0, 0.05) is 14.1 Å². The maximum absolute atomic E-state index is 11.1. The van der Waals surface area contributed by atoms with Crippen LogP contribution in [-0.2, 0) is 14.1 Å². The first kappa shape index (κ1) is 12.0. The Morgan fingerprint density at radius 2 is 1.71 bits per heavy atom. The molecule has 1 rings (SSSR count). The van der Waals surface area contributed by atoms with Gasteiger partial charge in [-0.1, -0.05) is 0 Å². The third kappa shape index (κ3) is 1.42. The second kappa shape index (κ2) is 3.83. The minimum atomic E-state index is -0.907. The molecule has 14 heavy (non-hydrogen) atoms. The Morgan fingerprint density at radius 3 is 2.14 bits per heavy atom. The molecule has 0 spiro atoms. The van der Waals surface area contributed by atoms with Gasteiger partial charge in [-0.25, -0.2) is 4.79 Å². The third-order valence-electron chi connectivity index (χ3n) is 1.70. The Bertz CT molecular complexity index is 472. The average molecular weight is 203 g/mol. The summed E-state index contributed by atoms with van der Waals surface area (Å²) in [4.78, 5) is 32.3. The van der Waals surface area contributed by atoms with Crippen molar-refractivity contribution in [1.82, 2.24) is 9.13 Å². The molecule has 3 N–H and O–H groups in total. The molecular weight excluding hydrogens is 194 g/mol. The molecule has 0 aliphatic heterocycles. The smallest absolute Gasteiger partial charge is 0.333 e. The van der Waals surface area contributed by atoms with Gasteiger partial charge in [0.05, 0.1) is 0 Å². The minimum Gasteiger partial charge on any atom is -0.493 e. The summed E-state index contributed by atoms with van der Waals surface area (Å²) in [6, 6.07) is 0. The van der Waals surface area contributed by atoms with Crippen LogP contribution in [0, 0.1) is 4.91 Å². The molecule has 0 unspecified atom stereocenters. The lowest BCUT2D eigenvalue weighted by Crippen LogP contribution is -2.36. The van der Waals surface area contributed by atoms with Gasteiger partial charge in [-0.2, -0.15) is 0 Å². The largest absolute Gasteiger partial charge is 0.493 e. The van der Waals surface area contributed by atoms with E-state index in [-0.39, 0.29) is 5.48 Å². The van der Waals surface area contributed by atoms with Gasteiger partial charge in [-0.05, 0) is 5.18 Å². The Kier molecular flexibility index (Phi) is 3.30. The van der Waals surface area contributed by atoms with Crippen LogP contribution in [-0.4, -0.2) is 19.7 Å². The maximum atomic E-state index is 11.1. The molecule has 0 atom stereocenters. The fourth-order valence-electron chi connectivity index (χ4n) is 0.896. The van der Waals surface area contributed by atoms with Crippen molar-refractivity contribution < 1.29 is 10.6 Å². The van der Waals surface area contributed by atoms with Crippen LogP contribution in [0.15, 0.2) is 14.8 Å². The quantitative estimate of drug-likeness (QED) is 0.549. The van der Waals surface area contributed by atoms with Crippen LogP contribution in [0.1, 0.15) is 0 Å². The molecule has 0 saturated carbocycles. The van der Waals surface area contributed by atoms with Crippen LogP contribution in [0.3, 0.4) is 0 Å². The van der Waals surface area contributed by atoms with Gasteiger partial charge in [0.15, 0.2) is 0 Å². The number of nitrogens with zero attached hydrogens (tertiary/aromatic N) is 3. The molecule has 0 amide bonds. The number of aromatic nitrogens is 2. The van der Waals surface area contributed by atoms with E-state index in [0.717, 1.165) is 4.57 Å². The summed E-state index contributed by atoms with van der Waals surface area (Å²) in [7, 11) is 2.42. The van der Waals surface area contributed by atoms with E-state index >= 15 is 0 Å². The Labute approximate surface area is 77.3 Å². The number of rotatable bonds is 1. The molecule has 8 heteroatoms. The first-order chi connectivity index (χ1) is 6.00. The molecule has 0 fully saturated rings. The molecule has 8 nitrogen and oxygen atoms in total. The van der Waals surface area contributed by atoms with Crippen LogP contribution in [0.5, 0.6) is 5.88 Å². The zero-order chi connectivity index (χ0) is 10.2. The Hall–Kier alpha value is -1.96. The highest BCUT2D eigenvalue weighted by atomic mass is 16.3. The van der Waals surface area contributed by atoms with Gasteiger partial charge in [-0.3, -0.25) is 13.9 Å². The van der Waals surface area contributed by atoms with E-state index in [0.29, 0.717) is 4.57 Å². The van der Waals surface area contributed by atoms with Crippen LogP contribution in [0.25, 0.3) is 0 Å². The number of aromatic hydroxyl groups is 1. The second-order valence-corrected chi connectivity index (χ2v) is 2.47. The summed E-state index contributed by atoms with van der Waals surface area (Å²) in [6.07, 6.45) is 0. The number of hydrogen-bond donors (Lipinski definition) is 1. The molecule has 0 aliphatic rings. The van der Waals surface area contributed by atoms with E-state index in [4.69, 9.17) is 5.11 Å². The van der Waals surface area contributed by atoms with Gasteiger partial charge in [-0.15, -0.1) is 4.91 Å². The van der Waals surface area contributed by atoms with Gasteiger partial charge in [0.1, 0.15) is 0 Å². The molecular formula is C6H9N3O5. The van der Waals surface area contributed by atoms with Crippen LogP contribution >= 0.6 is 0 Å². The van der Waals surface area contributed by atoms with Crippen molar-refractivity contribution in [3.05, 3.63) is 25.7 Å². The van der Waals surface area contributed by atoms with Crippen molar-refractivity contribution in [2.45, 2.75) is 0 Å². The predicted molar refractivity (Wildman–Crippen MR) is 47.7 cm³/mol. The predicted octanol–water partition coefficient (Wildman–Crippen LogP) is -1.64. The highest BCUT2D eigenvalue weighted by molar-refractivity contribution is 5.43. The summed E-state index contributed by atoms with van der Waals surface area (Å²) in [6.45, 7) is 0. The zero-order valence-corrected chi connectivity index (χ0v) is 7.51. The minimum absolute atomic E-state index is 0. The van der Waals surface area contributed by atoms with E-state index in [1.165, 1.54) is 14.1 Å². The SMILES string of the molecule is Cn1c(O)c(N=O)c(=O)n(C)c1=O.O. The molecule has 0 aromatic carbocycles. The summed E-state index contributed by atoms with van der Waals surface area (Å²) >= 11 is 0. The molecule has 1 aromatic rings. The van der Waals surface area contributed by atoms with Gasteiger partial charge in [0.25, 0.3) is 5.56 Å². The third-order valence-corrected chi connectivity index (χ3v) is 1.70. The molecule has 1 heterocycles. The van der Waals surface area contributed by atoms with Gasteiger partial charge < -0.3 is 10.6 Å². The van der Waals surface area contributed by atoms with Crippen LogP contribution < -0.4 is 11.2 Å². The van der Waals surface area contributed by atoms with Crippen molar-refractivity contribution in [1.29, 1.82) is 0 Å².